The Morgan fingerprint density at radius 2 is 1.88 bits per heavy atom. The second-order valence-corrected chi connectivity index (χ2v) is 5.80. The first kappa shape index (κ1) is 17.6. The minimum Gasteiger partial charge on any atom is -0.480 e. The molecule has 2 N–H and O–H groups in total. The van der Waals surface area contributed by atoms with Crippen LogP contribution in [0.25, 0.3) is 0 Å². The summed E-state index contributed by atoms with van der Waals surface area (Å²) >= 11 is 6.08. The summed E-state index contributed by atoms with van der Waals surface area (Å²) in [5, 5.41) is 19.5. The number of carboxylic acid groups (broad SMARTS) is 1. The van der Waals surface area contributed by atoms with Gasteiger partial charge in [-0.2, -0.15) is 10.2 Å². The predicted octanol–water partition coefficient (Wildman–Crippen LogP) is 2.26. The second kappa shape index (κ2) is 7.36. The average molecular weight is 378 g/mol. The molecule has 3 rings (SSSR count). The Morgan fingerprint density at radius 1 is 1.15 bits per heavy atom. The minimum atomic E-state index is -1.07. The third-order valence-electron chi connectivity index (χ3n) is 3.38. The van der Waals surface area contributed by atoms with E-state index in [9.17, 15) is 14.0 Å². The fourth-order valence-electron chi connectivity index (χ4n) is 2.22. The lowest BCUT2D eigenvalue weighted by atomic mass is 10.2. The van der Waals surface area contributed by atoms with Gasteiger partial charge in [0.05, 0.1) is 6.54 Å². The summed E-state index contributed by atoms with van der Waals surface area (Å²) < 4.78 is 15.6. The highest BCUT2D eigenvalue weighted by Gasteiger charge is 2.15. The quantitative estimate of drug-likeness (QED) is 0.686. The van der Waals surface area contributed by atoms with E-state index >= 15 is 0 Å². The smallest absolute Gasteiger partial charge is 0.325 e. The fourth-order valence-corrected chi connectivity index (χ4v) is 2.42. The average Bonchev–Trinajstić information content (AvgIpc) is 3.16. The van der Waals surface area contributed by atoms with Crippen molar-refractivity contribution in [3.63, 3.8) is 0 Å². The first-order chi connectivity index (χ1) is 12.4. The van der Waals surface area contributed by atoms with Crippen LogP contribution in [0.2, 0.25) is 5.02 Å². The van der Waals surface area contributed by atoms with Gasteiger partial charge in [0.1, 0.15) is 17.4 Å². The third kappa shape index (κ3) is 4.25. The van der Waals surface area contributed by atoms with Crippen molar-refractivity contribution in [2.45, 2.75) is 13.1 Å². The van der Waals surface area contributed by atoms with Crippen molar-refractivity contribution >= 4 is 29.3 Å². The van der Waals surface area contributed by atoms with Crippen molar-refractivity contribution in [3.05, 3.63) is 64.8 Å². The molecule has 0 spiro atoms. The van der Waals surface area contributed by atoms with Crippen LogP contribution >= 0.6 is 11.6 Å². The van der Waals surface area contributed by atoms with Gasteiger partial charge in [0, 0.05) is 12.4 Å². The number of carbonyl (C=O) groups is 2. The first-order valence-corrected chi connectivity index (χ1v) is 7.82. The van der Waals surface area contributed by atoms with E-state index in [0.717, 1.165) is 10.2 Å². The number of nitrogens with zero attached hydrogens (tertiary/aromatic N) is 4. The molecule has 1 amide bonds. The number of hydrogen-bond acceptors (Lipinski definition) is 4. The van der Waals surface area contributed by atoms with Gasteiger partial charge < -0.3 is 10.4 Å². The summed E-state index contributed by atoms with van der Waals surface area (Å²) in [5.41, 5.74) is 0.853. The van der Waals surface area contributed by atoms with Gasteiger partial charge in [0.25, 0.3) is 5.91 Å². The third-order valence-corrected chi connectivity index (χ3v) is 3.65. The summed E-state index contributed by atoms with van der Waals surface area (Å²) in [6.07, 6.45) is 2.92. The Hall–Kier alpha value is -3.20. The van der Waals surface area contributed by atoms with Gasteiger partial charge in [-0.25, -0.2) is 4.39 Å². The zero-order valence-corrected chi connectivity index (χ0v) is 14.0. The molecule has 2 aromatic heterocycles. The molecule has 10 heteroatoms. The van der Waals surface area contributed by atoms with E-state index in [1.165, 1.54) is 35.3 Å². The van der Waals surface area contributed by atoms with Crippen molar-refractivity contribution in [2.75, 3.05) is 5.32 Å². The highest BCUT2D eigenvalue weighted by atomic mass is 35.5. The van der Waals surface area contributed by atoms with Crippen molar-refractivity contribution in [3.8, 4) is 0 Å². The molecule has 0 aliphatic heterocycles. The predicted molar refractivity (Wildman–Crippen MR) is 90.6 cm³/mol. The van der Waals surface area contributed by atoms with Gasteiger partial charge in [0.2, 0.25) is 0 Å². The summed E-state index contributed by atoms with van der Waals surface area (Å²) in [6.45, 7) is 0.00341. The van der Waals surface area contributed by atoms with Crippen LogP contribution in [0.4, 0.5) is 10.2 Å². The molecule has 1 aromatic carbocycles. The lowest BCUT2D eigenvalue weighted by molar-refractivity contribution is -0.137. The molecule has 3 aromatic rings. The normalized spacial score (nSPS) is 10.7. The molecule has 0 aliphatic rings. The van der Waals surface area contributed by atoms with Crippen LogP contribution in [0.1, 0.15) is 16.1 Å². The van der Waals surface area contributed by atoms with Crippen molar-refractivity contribution in [1.29, 1.82) is 0 Å². The first-order valence-electron chi connectivity index (χ1n) is 7.45. The Kier molecular flexibility index (Phi) is 4.99. The van der Waals surface area contributed by atoms with Gasteiger partial charge in [-0.05, 0) is 23.8 Å². The number of hydrogen-bond donors (Lipinski definition) is 2. The van der Waals surface area contributed by atoms with Crippen LogP contribution < -0.4 is 5.32 Å². The summed E-state index contributed by atoms with van der Waals surface area (Å²) in [5.74, 6) is -1.82. The SMILES string of the molecule is O=C(O)Cn1ccc(C(=O)Nc2nn(Cc3ccc(F)cc3)cc2Cl)n1. The Balaban J connectivity index is 1.68. The molecular formula is C16H13ClFN5O3. The Labute approximate surface area is 151 Å². The molecule has 0 saturated carbocycles. The highest BCUT2D eigenvalue weighted by molar-refractivity contribution is 6.33. The maximum Gasteiger partial charge on any atom is 0.325 e. The molecule has 0 bridgehead atoms. The number of halogens is 2. The lowest BCUT2D eigenvalue weighted by Crippen LogP contribution is -2.15. The van der Waals surface area contributed by atoms with E-state index in [2.05, 4.69) is 15.5 Å². The number of carboxylic acids is 1. The van der Waals surface area contributed by atoms with Gasteiger partial charge in [-0.3, -0.25) is 19.0 Å². The largest absolute Gasteiger partial charge is 0.480 e. The van der Waals surface area contributed by atoms with Crippen LogP contribution in [0.3, 0.4) is 0 Å². The molecular weight excluding hydrogens is 365 g/mol. The van der Waals surface area contributed by atoms with E-state index in [1.807, 2.05) is 0 Å². The number of rotatable bonds is 6. The standard InChI is InChI=1S/C16H13ClFN5O3/c17-12-8-23(7-10-1-3-11(18)4-2-10)21-15(12)19-16(26)13-5-6-22(20-13)9-14(24)25/h1-6,8H,7,9H2,(H,24,25)(H,19,21,26). The highest BCUT2D eigenvalue weighted by Crippen LogP contribution is 2.20. The van der Waals surface area contributed by atoms with Gasteiger partial charge >= 0.3 is 5.97 Å². The number of anilines is 1. The molecule has 0 atom stereocenters. The van der Waals surface area contributed by atoms with Crippen LogP contribution in [0, 0.1) is 5.82 Å². The van der Waals surface area contributed by atoms with Crippen LogP contribution in [-0.2, 0) is 17.9 Å². The van der Waals surface area contributed by atoms with Crippen molar-refractivity contribution < 1.29 is 19.1 Å². The molecule has 26 heavy (non-hydrogen) atoms. The van der Waals surface area contributed by atoms with Crippen LogP contribution in [-0.4, -0.2) is 36.5 Å². The van der Waals surface area contributed by atoms with Crippen LogP contribution in [0.5, 0.6) is 0 Å². The van der Waals surface area contributed by atoms with Gasteiger partial charge in [-0.15, -0.1) is 0 Å². The maximum atomic E-state index is 12.9. The van der Waals surface area contributed by atoms with Crippen molar-refractivity contribution in [1.82, 2.24) is 19.6 Å². The lowest BCUT2D eigenvalue weighted by Gasteiger charge is -2.02. The van der Waals surface area contributed by atoms with E-state index in [-0.39, 0.29) is 28.9 Å². The topological polar surface area (TPSA) is 102 Å². The number of aliphatic carboxylic acids is 1. The zero-order valence-electron chi connectivity index (χ0n) is 13.3. The van der Waals surface area contributed by atoms with Crippen LogP contribution in [0.15, 0.2) is 42.7 Å². The number of nitrogens with one attached hydrogen (secondary N) is 1. The second-order valence-electron chi connectivity index (χ2n) is 5.40. The molecule has 0 fully saturated rings. The van der Waals surface area contributed by atoms with E-state index in [0.29, 0.717) is 6.54 Å². The summed E-state index contributed by atoms with van der Waals surface area (Å²) in [7, 11) is 0. The maximum absolute atomic E-state index is 12.9. The van der Waals surface area contributed by atoms with E-state index < -0.39 is 11.9 Å². The fraction of sp³-hybridized carbons (Fsp3) is 0.125. The molecule has 2 heterocycles. The monoisotopic (exact) mass is 377 g/mol. The van der Waals surface area contributed by atoms with Gasteiger partial charge in [0.15, 0.2) is 11.5 Å². The van der Waals surface area contributed by atoms with E-state index in [4.69, 9.17) is 16.7 Å². The molecule has 0 aliphatic carbocycles. The molecule has 0 radical (unpaired) electrons. The number of benzene rings is 1. The summed E-state index contributed by atoms with van der Waals surface area (Å²) in [4.78, 5) is 22.8. The molecule has 0 saturated heterocycles. The zero-order chi connectivity index (χ0) is 18.7. The van der Waals surface area contributed by atoms with Gasteiger partial charge in [-0.1, -0.05) is 23.7 Å². The molecule has 8 nitrogen and oxygen atoms in total. The van der Waals surface area contributed by atoms with E-state index in [1.54, 1.807) is 12.1 Å². The molecule has 134 valence electrons. The number of carbonyl (C=O) groups excluding carboxylic acids is 1. The Bertz CT molecular complexity index is 951. The number of amides is 1. The summed E-state index contributed by atoms with van der Waals surface area (Å²) in [6, 6.07) is 7.32. The Morgan fingerprint density at radius 3 is 2.58 bits per heavy atom. The molecule has 0 unspecified atom stereocenters. The van der Waals surface area contributed by atoms with Crippen molar-refractivity contribution in [2.24, 2.45) is 0 Å². The number of aromatic nitrogens is 4. The minimum absolute atomic E-state index is 0.0374.